The Bertz CT molecular complexity index is 264. The van der Waals surface area contributed by atoms with Crippen LogP contribution in [-0.4, -0.2) is 63.8 Å². The zero-order chi connectivity index (χ0) is 12.5. The number of unbranched alkanes of at least 4 members (excludes halogenated alkanes) is 1. The molecule has 2 aliphatic rings. The van der Waals surface area contributed by atoms with Crippen LogP contribution in [0.4, 0.5) is 0 Å². The Morgan fingerprint density at radius 3 is 2.82 bits per heavy atom. The van der Waals surface area contributed by atoms with E-state index in [1.165, 1.54) is 0 Å². The summed E-state index contributed by atoms with van der Waals surface area (Å²) in [6, 6.07) is -0.372. The Morgan fingerprint density at radius 2 is 2.12 bits per heavy atom. The zero-order valence-electron chi connectivity index (χ0n) is 10.5. The number of fused-ring (bicyclic) bond motifs is 1. The highest BCUT2D eigenvalue weighted by atomic mass is 16.3. The van der Waals surface area contributed by atoms with Crippen molar-refractivity contribution in [1.29, 1.82) is 0 Å². The molecule has 0 aromatic carbocycles. The van der Waals surface area contributed by atoms with E-state index in [4.69, 9.17) is 0 Å². The Hall–Kier alpha value is -0.200. The smallest absolute Gasteiger partial charge is 0.135 e. The molecule has 4 N–H and O–H groups in total. The summed E-state index contributed by atoms with van der Waals surface area (Å²) < 4.78 is 0. The van der Waals surface area contributed by atoms with Gasteiger partial charge in [0.05, 0.1) is 18.2 Å². The van der Waals surface area contributed by atoms with Gasteiger partial charge in [0.25, 0.3) is 0 Å². The molecule has 100 valence electrons. The van der Waals surface area contributed by atoms with E-state index in [0.717, 1.165) is 32.5 Å². The van der Waals surface area contributed by atoms with Crippen molar-refractivity contribution in [2.75, 3.05) is 19.6 Å². The molecule has 2 rings (SSSR count). The largest absolute Gasteiger partial charge is 0.390 e. The summed E-state index contributed by atoms with van der Waals surface area (Å²) in [4.78, 5) is 2.08. The van der Waals surface area contributed by atoms with Crippen LogP contribution in [0.15, 0.2) is 0 Å². The number of nitrogens with zero attached hydrogens (tertiary/aromatic N) is 1. The van der Waals surface area contributed by atoms with E-state index in [0.29, 0.717) is 12.8 Å². The van der Waals surface area contributed by atoms with Gasteiger partial charge in [0.2, 0.25) is 0 Å². The van der Waals surface area contributed by atoms with Crippen molar-refractivity contribution in [3.8, 4) is 0 Å². The molecule has 0 saturated carbocycles. The predicted molar refractivity (Wildman–Crippen MR) is 64.5 cm³/mol. The number of aliphatic hydroxyl groups excluding tert-OH is 2. The number of nitrogens with one attached hydrogen (secondary N) is 1. The van der Waals surface area contributed by atoms with E-state index in [9.17, 15) is 15.3 Å². The molecule has 0 bridgehead atoms. The van der Waals surface area contributed by atoms with Crippen LogP contribution in [-0.2, 0) is 0 Å². The molecule has 2 saturated heterocycles. The molecule has 17 heavy (non-hydrogen) atoms. The van der Waals surface area contributed by atoms with Gasteiger partial charge in [-0.3, -0.25) is 10.2 Å². The van der Waals surface area contributed by atoms with Crippen molar-refractivity contribution in [3.63, 3.8) is 0 Å². The number of hydrogen-bond donors (Lipinski definition) is 4. The van der Waals surface area contributed by atoms with Gasteiger partial charge < -0.3 is 15.3 Å². The maximum atomic E-state index is 10.6. The lowest BCUT2D eigenvalue weighted by molar-refractivity contribution is -0.129. The average molecular weight is 244 g/mol. The van der Waals surface area contributed by atoms with E-state index >= 15 is 0 Å². The van der Waals surface area contributed by atoms with Crippen LogP contribution >= 0.6 is 0 Å². The van der Waals surface area contributed by atoms with Crippen molar-refractivity contribution in [1.82, 2.24) is 10.2 Å². The Labute approximate surface area is 102 Å². The van der Waals surface area contributed by atoms with Crippen molar-refractivity contribution >= 4 is 0 Å². The second-order valence-corrected chi connectivity index (χ2v) is 5.28. The molecule has 0 aromatic heterocycles. The van der Waals surface area contributed by atoms with Gasteiger partial charge in [-0.2, -0.15) is 0 Å². The standard InChI is InChI=1S/C12H24N2O3/c1-2-3-6-13-12(17)5-8-14-7-4-9(15)10(16)11(12)14/h9-11,13,15-17H,2-8H2,1H3. The number of aliphatic hydroxyl groups is 3. The minimum Gasteiger partial charge on any atom is -0.390 e. The first-order valence-electron chi connectivity index (χ1n) is 6.66. The van der Waals surface area contributed by atoms with Gasteiger partial charge in [0, 0.05) is 19.5 Å². The summed E-state index contributed by atoms with van der Waals surface area (Å²) in [6.45, 7) is 4.39. The third-order valence-corrected chi connectivity index (χ3v) is 4.05. The second-order valence-electron chi connectivity index (χ2n) is 5.28. The van der Waals surface area contributed by atoms with Gasteiger partial charge in [-0.15, -0.1) is 0 Å². The molecule has 2 heterocycles. The third-order valence-electron chi connectivity index (χ3n) is 4.05. The first-order valence-corrected chi connectivity index (χ1v) is 6.66. The average Bonchev–Trinajstić information content (AvgIpc) is 2.63. The highest BCUT2D eigenvalue weighted by Gasteiger charge is 2.52. The van der Waals surface area contributed by atoms with Crippen LogP contribution in [0, 0.1) is 0 Å². The molecule has 0 amide bonds. The van der Waals surface area contributed by atoms with Gasteiger partial charge >= 0.3 is 0 Å². The number of rotatable bonds is 4. The Kier molecular flexibility index (Phi) is 4.05. The zero-order valence-corrected chi connectivity index (χ0v) is 10.5. The lowest BCUT2D eigenvalue weighted by atomic mass is 9.91. The quantitative estimate of drug-likeness (QED) is 0.387. The van der Waals surface area contributed by atoms with Gasteiger partial charge in [-0.05, 0) is 19.4 Å². The molecule has 2 aliphatic heterocycles. The van der Waals surface area contributed by atoms with E-state index in [2.05, 4.69) is 17.1 Å². The minimum absolute atomic E-state index is 0.372. The monoisotopic (exact) mass is 244 g/mol. The Balaban J connectivity index is 2.02. The minimum atomic E-state index is -1.05. The van der Waals surface area contributed by atoms with Crippen LogP contribution < -0.4 is 5.32 Å². The summed E-state index contributed by atoms with van der Waals surface area (Å²) in [7, 11) is 0. The fourth-order valence-corrected chi connectivity index (χ4v) is 3.01. The summed E-state index contributed by atoms with van der Waals surface area (Å²) in [5.74, 6) is 0. The Morgan fingerprint density at radius 1 is 1.35 bits per heavy atom. The summed E-state index contributed by atoms with van der Waals surface area (Å²) in [6.07, 6.45) is 1.71. The number of piperidine rings is 1. The highest BCUT2D eigenvalue weighted by molar-refractivity contribution is 5.05. The topological polar surface area (TPSA) is 76.0 Å². The van der Waals surface area contributed by atoms with Gasteiger partial charge in [-0.25, -0.2) is 0 Å². The van der Waals surface area contributed by atoms with Crippen LogP contribution in [0.2, 0.25) is 0 Å². The first-order chi connectivity index (χ1) is 8.08. The molecule has 0 aliphatic carbocycles. The van der Waals surface area contributed by atoms with Crippen molar-refractivity contribution < 1.29 is 15.3 Å². The summed E-state index contributed by atoms with van der Waals surface area (Å²) in [5.41, 5.74) is -1.05. The SMILES string of the molecule is CCCCNC1(O)CCN2CCC(O)C(O)C21. The molecule has 5 heteroatoms. The van der Waals surface area contributed by atoms with Crippen LogP contribution in [0.25, 0.3) is 0 Å². The lowest BCUT2D eigenvalue weighted by Gasteiger charge is -2.43. The fourth-order valence-electron chi connectivity index (χ4n) is 3.01. The molecule has 2 fully saturated rings. The summed E-state index contributed by atoms with van der Waals surface area (Å²) in [5, 5.41) is 33.5. The van der Waals surface area contributed by atoms with Gasteiger partial charge in [-0.1, -0.05) is 13.3 Å². The maximum Gasteiger partial charge on any atom is 0.135 e. The first kappa shape index (κ1) is 13.2. The highest BCUT2D eigenvalue weighted by Crippen LogP contribution is 2.33. The predicted octanol–water partition coefficient (Wildman–Crippen LogP) is -0.735. The van der Waals surface area contributed by atoms with Crippen LogP contribution in [0.5, 0.6) is 0 Å². The molecule has 5 nitrogen and oxygen atoms in total. The molecular formula is C12H24N2O3. The van der Waals surface area contributed by atoms with E-state index in [-0.39, 0.29) is 6.04 Å². The molecule has 4 atom stereocenters. The summed E-state index contributed by atoms with van der Waals surface area (Å²) >= 11 is 0. The third kappa shape index (κ3) is 2.48. The van der Waals surface area contributed by atoms with Gasteiger partial charge in [0.1, 0.15) is 5.72 Å². The van der Waals surface area contributed by atoms with Crippen LogP contribution in [0.3, 0.4) is 0 Å². The molecular weight excluding hydrogens is 220 g/mol. The van der Waals surface area contributed by atoms with Crippen LogP contribution in [0.1, 0.15) is 32.6 Å². The molecule has 0 spiro atoms. The fraction of sp³-hybridized carbons (Fsp3) is 1.00. The van der Waals surface area contributed by atoms with Crippen molar-refractivity contribution in [3.05, 3.63) is 0 Å². The van der Waals surface area contributed by atoms with E-state index < -0.39 is 17.9 Å². The number of hydrogen-bond acceptors (Lipinski definition) is 5. The molecule has 0 radical (unpaired) electrons. The normalized spacial score (nSPS) is 42.7. The maximum absolute atomic E-state index is 10.6. The van der Waals surface area contributed by atoms with Crippen molar-refractivity contribution in [2.24, 2.45) is 0 Å². The van der Waals surface area contributed by atoms with Crippen molar-refractivity contribution in [2.45, 2.75) is 56.6 Å². The molecule has 4 unspecified atom stereocenters. The lowest BCUT2D eigenvalue weighted by Crippen LogP contribution is -2.64. The second kappa shape index (κ2) is 5.20. The van der Waals surface area contributed by atoms with E-state index in [1.54, 1.807) is 0 Å². The van der Waals surface area contributed by atoms with E-state index in [1.807, 2.05) is 0 Å². The van der Waals surface area contributed by atoms with Gasteiger partial charge in [0.15, 0.2) is 0 Å². The molecule has 0 aromatic rings.